The Morgan fingerprint density at radius 1 is 1.25 bits per heavy atom. The van der Waals surface area contributed by atoms with Gasteiger partial charge in [-0.25, -0.2) is 4.39 Å². The maximum Gasteiger partial charge on any atom is 0.184 e. The molecule has 1 heterocycles. The van der Waals surface area contributed by atoms with E-state index < -0.39 is 37.4 Å². The summed E-state index contributed by atoms with van der Waals surface area (Å²) in [6.07, 6.45) is -7.29. The Kier molecular flexibility index (Phi) is 2.97. The summed E-state index contributed by atoms with van der Waals surface area (Å²) >= 11 is 0. The molecular formula is C6H11FO5. The van der Waals surface area contributed by atoms with Gasteiger partial charge in [-0.2, -0.15) is 0 Å². The van der Waals surface area contributed by atoms with Crippen LogP contribution in [0.5, 0.6) is 0 Å². The summed E-state index contributed by atoms with van der Waals surface area (Å²) in [6.45, 7) is -1.10. The number of alkyl halides is 1. The van der Waals surface area contributed by atoms with Gasteiger partial charge in [0.2, 0.25) is 0 Å². The second-order valence-corrected chi connectivity index (χ2v) is 2.69. The second-order valence-electron chi connectivity index (χ2n) is 2.69. The van der Waals surface area contributed by atoms with Crippen LogP contribution in [0.25, 0.3) is 0 Å². The minimum absolute atomic E-state index is 1.10. The average molecular weight is 182 g/mol. The van der Waals surface area contributed by atoms with E-state index in [0.717, 1.165) is 0 Å². The van der Waals surface area contributed by atoms with E-state index >= 15 is 0 Å². The molecule has 1 fully saturated rings. The van der Waals surface area contributed by atoms with Crippen LogP contribution in [0.15, 0.2) is 0 Å². The van der Waals surface area contributed by atoms with Gasteiger partial charge in [0.15, 0.2) is 6.29 Å². The molecule has 0 spiro atoms. The highest BCUT2D eigenvalue weighted by atomic mass is 19.1. The van der Waals surface area contributed by atoms with E-state index in [4.69, 9.17) is 20.4 Å². The van der Waals surface area contributed by atoms with E-state index in [2.05, 4.69) is 4.74 Å². The first-order chi connectivity index (χ1) is 5.57. The third kappa shape index (κ3) is 1.57. The van der Waals surface area contributed by atoms with Crippen LogP contribution in [-0.2, 0) is 4.74 Å². The molecule has 0 unspecified atom stereocenters. The molecule has 0 bridgehead atoms. The lowest BCUT2D eigenvalue weighted by Crippen LogP contribution is -2.39. The average Bonchev–Trinajstić information content (AvgIpc) is 2.32. The molecule has 1 aliphatic rings. The first kappa shape index (κ1) is 9.82. The van der Waals surface area contributed by atoms with Gasteiger partial charge < -0.3 is 25.2 Å². The van der Waals surface area contributed by atoms with E-state index in [1.807, 2.05) is 0 Å². The van der Waals surface area contributed by atoms with Gasteiger partial charge in [0.1, 0.15) is 31.1 Å². The van der Waals surface area contributed by atoms with Crippen LogP contribution in [0.2, 0.25) is 0 Å². The summed E-state index contributed by atoms with van der Waals surface area (Å²) in [7, 11) is 0. The summed E-state index contributed by atoms with van der Waals surface area (Å²) in [5.41, 5.74) is 0. The maximum atomic E-state index is 11.9. The molecule has 0 aromatic heterocycles. The highest BCUT2D eigenvalue weighted by Gasteiger charge is 2.45. The van der Waals surface area contributed by atoms with Crippen LogP contribution in [0.1, 0.15) is 0 Å². The first-order valence-electron chi connectivity index (χ1n) is 3.51. The lowest BCUT2D eigenvalue weighted by Gasteiger charge is -2.17. The van der Waals surface area contributed by atoms with E-state index in [0.29, 0.717) is 0 Å². The summed E-state index contributed by atoms with van der Waals surface area (Å²) in [4.78, 5) is 0. The lowest BCUT2D eigenvalue weighted by atomic mass is 10.1. The van der Waals surface area contributed by atoms with Crippen molar-refractivity contribution in [3.8, 4) is 0 Å². The number of aliphatic hydroxyl groups is 4. The Labute approximate surface area is 68.0 Å². The molecule has 0 radical (unpaired) electrons. The number of rotatable bonds is 2. The third-order valence-corrected chi connectivity index (χ3v) is 1.81. The molecule has 1 saturated heterocycles. The van der Waals surface area contributed by atoms with E-state index in [1.54, 1.807) is 0 Å². The van der Waals surface area contributed by atoms with Gasteiger partial charge >= 0.3 is 0 Å². The molecule has 12 heavy (non-hydrogen) atoms. The Bertz CT molecular complexity index is 155. The van der Waals surface area contributed by atoms with E-state index in [-0.39, 0.29) is 0 Å². The molecule has 0 amide bonds. The Morgan fingerprint density at radius 3 is 2.17 bits per heavy atom. The molecule has 1 rings (SSSR count). The topological polar surface area (TPSA) is 90.2 Å². The molecular weight excluding hydrogens is 171 g/mol. The molecule has 1 aliphatic heterocycles. The zero-order valence-corrected chi connectivity index (χ0v) is 6.17. The molecule has 6 heteroatoms. The van der Waals surface area contributed by atoms with Gasteiger partial charge in [-0.1, -0.05) is 0 Å². The van der Waals surface area contributed by atoms with Crippen LogP contribution < -0.4 is 0 Å². The van der Waals surface area contributed by atoms with Crippen molar-refractivity contribution in [2.45, 2.75) is 30.7 Å². The fourth-order valence-corrected chi connectivity index (χ4v) is 1.09. The molecule has 0 aromatic rings. The van der Waals surface area contributed by atoms with Crippen molar-refractivity contribution in [1.29, 1.82) is 0 Å². The van der Waals surface area contributed by atoms with E-state index in [1.165, 1.54) is 0 Å². The quantitative estimate of drug-likeness (QED) is 0.387. The Balaban J connectivity index is 2.58. The van der Waals surface area contributed by atoms with Gasteiger partial charge in [-0.05, 0) is 0 Å². The normalized spacial score (nSPS) is 44.8. The number of hydrogen-bond donors (Lipinski definition) is 4. The van der Waals surface area contributed by atoms with Gasteiger partial charge in [0.25, 0.3) is 0 Å². The lowest BCUT2D eigenvalue weighted by molar-refractivity contribution is -0.147. The van der Waals surface area contributed by atoms with Crippen LogP contribution in [0.3, 0.4) is 0 Å². The largest absolute Gasteiger partial charge is 0.388 e. The molecule has 0 aromatic carbocycles. The van der Waals surface area contributed by atoms with Gasteiger partial charge in [-0.15, -0.1) is 0 Å². The fourth-order valence-electron chi connectivity index (χ4n) is 1.09. The highest BCUT2D eigenvalue weighted by Crippen LogP contribution is 2.22. The van der Waals surface area contributed by atoms with Crippen molar-refractivity contribution in [3.63, 3.8) is 0 Å². The number of hydrogen-bond acceptors (Lipinski definition) is 5. The predicted octanol–water partition coefficient (Wildman–Crippen LogP) is -2.24. The zero-order valence-electron chi connectivity index (χ0n) is 6.17. The predicted molar refractivity (Wildman–Crippen MR) is 34.9 cm³/mol. The van der Waals surface area contributed by atoms with Crippen molar-refractivity contribution < 1.29 is 29.6 Å². The van der Waals surface area contributed by atoms with Crippen molar-refractivity contribution in [2.24, 2.45) is 0 Å². The van der Waals surface area contributed by atoms with Crippen molar-refractivity contribution >= 4 is 0 Å². The van der Waals surface area contributed by atoms with Gasteiger partial charge in [-0.3, -0.25) is 0 Å². The summed E-state index contributed by atoms with van der Waals surface area (Å²) in [5.74, 6) is 0. The smallest absolute Gasteiger partial charge is 0.184 e. The standard InChI is InChI=1S/C6H11FO5/c7-1-2(8)5-3(9)4(10)6(11)12-5/h2-6,8-11H,1H2/t2-,3+,4+,5+,6+/m0/s1. The molecule has 5 atom stereocenters. The van der Waals surface area contributed by atoms with Crippen LogP contribution in [0.4, 0.5) is 4.39 Å². The highest BCUT2D eigenvalue weighted by molar-refractivity contribution is 4.89. The van der Waals surface area contributed by atoms with Gasteiger partial charge in [0.05, 0.1) is 0 Å². The molecule has 5 nitrogen and oxygen atoms in total. The SMILES string of the molecule is O[C@@H]1[C@@H](O)[C@H](O)O[C@@H]1[C@@H](O)CF. The second kappa shape index (κ2) is 3.63. The number of aliphatic hydroxyl groups excluding tert-OH is 4. The van der Waals surface area contributed by atoms with Gasteiger partial charge in [0, 0.05) is 0 Å². The molecule has 0 saturated carbocycles. The minimum atomic E-state index is -1.56. The van der Waals surface area contributed by atoms with Crippen molar-refractivity contribution in [2.75, 3.05) is 6.67 Å². The molecule has 0 aliphatic carbocycles. The minimum Gasteiger partial charge on any atom is -0.388 e. The first-order valence-corrected chi connectivity index (χ1v) is 3.51. The number of halogens is 1. The Morgan fingerprint density at radius 2 is 1.83 bits per heavy atom. The van der Waals surface area contributed by atoms with Crippen molar-refractivity contribution in [3.05, 3.63) is 0 Å². The van der Waals surface area contributed by atoms with E-state index in [9.17, 15) is 4.39 Å². The summed E-state index contributed by atoms with van der Waals surface area (Å²) < 4.78 is 16.4. The Hall–Kier alpha value is -0.270. The fraction of sp³-hybridized carbons (Fsp3) is 1.00. The number of ether oxygens (including phenoxy) is 1. The molecule has 72 valence electrons. The van der Waals surface area contributed by atoms with Crippen LogP contribution in [-0.4, -0.2) is 57.8 Å². The van der Waals surface area contributed by atoms with Crippen LogP contribution >= 0.6 is 0 Å². The monoisotopic (exact) mass is 182 g/mol. The summed E-state index contributed by atoms with van der Waals surface area (Å²) in [5, 5.41) is 35.7. The summed E-state index contributed by atoms with van der Waals surface area (Å²) in [6, 6.07) is 0. The van der Waals surface area contributed by atoms with Crippen LogP contribution in [0, 0.1) is 0 Å². The molecule has 4 N–H and O–H groups in total. The zero-order chi connectivity index (χ0) is 9.30. The third-order valence-electron chi connectivity index (χ3n) is 1.81. The van der Waals surface area contributed by atoms with Crippen molar-refractivity contribution in [1.82, 2.24) is 0 Å². The maximum absolute atomic E-state index is 11.9.